The minimum atomic E-state index is 0. The van der Waals surface area contributed by atoms with Gasteiger partial charge in [-0.05, 0) is 53.8 Å². The Balaban J connectivity index is 0. The molecule has 0 amide bonds. The summed E-state index contributed by atoms with van der Waals surface area (Å²) in [5.41, 5.74) is 5.82. The lowest BCUT2D eigenvalue weighted by Crippen LogP contribution is -2.47. The van der Waals surface area contributed by atoms with E-state index in [-0.39, 0.29) is 30.9 Å². The summed E-state index contributed by atoms with van der Waals surface area (Å²) in [6.45, 7) is 10.2. The monoisotopic (exact) mass is 285 g/mol. The molecule has 3 nitrogen and oxygen atoms in total. The minimum absolute atomic E-state index is 0. The van der Waals surface area contributed by atoms with Crippen LogP contribution >= 0.6 is 24.8 Å². The predicted octanol–water partition coefficient (Wildman–Crippen LogP) is 1.98. The largest absolute Gasteiger partial charge is 0.327 e. The van der Waals surface area contributed by atoms with E-state index in [2.05, 4.69) is 37.6 Å². The molecule has 1 unspecified atom stereocenters. The van der Waals surface area contributed by atoms with Crippen molar-refractivity contribution in [3.05, 3.63) is 0 Å². The van der Waals surface area contributed by atoms with Gasteiger partial charge in [-0.3, -0.25) is 0 Å². The third-order valence-corrected chi connectivity index (χ3v) is 3.43. The van der Waals surface area contributed by atoms with Crippen LogP contribution in [0.5, 0.6) is 0 Å². The summed E-state index contributed by atoms with van der Waals surface area (Å²) in [5, 5.41) is 0. The zero-order chi connectivity index (χ0) is 11.4. The summed E-state index contributed by atoms with van der Waals surface area (Å²) in [4.78, 5) is 5.00. The molecule has 1 rings (SSSR count). The van der Waals surface area contributed by atoms with Gasteiger partial charge in [-0.1, -0.05) is 0 Å². The lowest BCUT2D eigenvalue weighted by atomic mass is 10.0. The fourth-order valence-electron chi connectivity index (χ4n) is 2.45. The number of likely N-dealkylation sites (N-methyl/N-ethyl adjacent to an activating group) is 1. The summed E-state index contributed by atoms with van der Waals surface area (Å²) in [6, 6.07) is 1.73. The van der Waals surface area contributed by atoms with Crippen LogP contribution in [0, 0.1) is 0 Å². The molecule has 0 aliphatic carbocycles. The molecular weight excluding hydrogens is 257 g/mol. The highest BCUT2D eigenvalue weighted by atomic mass is 35.5. The third kappa shape index (κ3) is 6.82. The smallest absolute Gasteiger partial charge is 0.0139 e. The number of hydrogen-bond acceptors (Lipinski definition) is 3. The standard InChI is InChI=1S/C12H27N3.2ClH/c1-10(2)15-7-5-12(6-8-15)14(4)9-11(3)13;;/h10-12H,5-9,13H2,1-4H3;2*1H. The molecule has 0 radical (unpaired) electrons. The highest BCUT2D eigenvalue weighted by Gasteiger charge is 2.23. The van der Waals surface area contributed by atoms with Crippen LogP contribution in [0.3, 0.4) is 0 Å². The molecule has 0 aromatic carbocycles. The number of rotatable bonds is 4. The molecule has 0 aromatic rings. The van der Waals surface area contributed by atoms with E-state index in [9.17, 15) is 0 Å². The molecule has 1 aliphatic rings. The summed E-state index contributed by atoms with van der Waals surface area (Å²) < 4.78 is 0. The maximum Gasteiger partial charge on any atom is 0.0139 e. The average molecular weight is 286 g/mol. The Morgan fingerprint density at radius 1 is 1.18 bits per heavy atom. The van der Waals surface area contributed by atoms with E-state index >= 15 is 0 Å². The van der Waals surface area contributed by atoms with Gasteiger partial charge in [0, 0.05) is 24.7 Å². The Bertz CT molecular complexity index is 181. The van der Waals surface area contributed by atoms with Crippen molar-refractivity contribution in [3.63, 3.8) is 0 Å². The van der Waals surface area contributed by atoms with Crippen LogP contribution < -0.4 is 5.73 Å². The van der Waals surface area contributed by atoms with Gasteiger partial charge in [0.2, 0.25) is 0 Å². The lowest BCUT2D eigenvalue weighted by Gasteiger charge is -2.39. The summed E-state index contributed by atoms with van der Waals surface area (Å²) in [5.74, 6) is 0. The maximum atomic E-state index is 5.82. The average Bonchev–Trinajstić information content (AvgIpc) is 2.17. The molecule has 0 saturated carbocycles. The van der Waals surface area contributed by atoms with Crippen molar-refractivity contribution in [2.24, 2.45) is 5.73 Å². The minimum Gasteiger partial charge on any atom is -0.327 e. The molecule has 1 atom stereocenters. The highest BCUT2D eigenvalue weighted by molar-refractivity contribution is 5.85. The Morgan fingerprint density at radius 3 is 2.00 bits per heavy atom. The normalized spacial score (nSPS) is 19.9. The number of piperidine rings is 1. The second kappa shape index (κ2) is 9.40. The van der Waals surface area contributed by atoms with Crippen LogP contribution in [-0.4, -0.2) is 54.6 Å². The molecule has 17 heavy (non-hydrogen) atoms. The molecule has 106 valence electrons. The Kier molecular flexibility index (Phi) is 10.9. The summed E-state index contributed by atoms with van der Waals surface area (Å²) >= 11 is 0. The molecular formula is C12H29Cl2N3. The first-order valence-corrected chi connectivity index (χ1v) is 6.20. The Morgan fingerprint density at radius 2 is 1.65 bits per heavy atom. The number of nitrogens with zero attached hydrogens (tertiary/aromatic N) is 2. The molecule has 0 aromatic heterocycles. The van der Waals surface area contributed by atoms with Crippen LogP contribution in [0.15, 0.2) is 0 Å². The number of hydrogen-bond donors (Lipinski definition) is 1. The Labute approximate surface area is 119 Å². The second-order valence-corrected chi connectivity index (χ2v) is 5.28. The molecule has 1 aliphatic heterocycles. The van der Waals surface area contributed by atoms with Crippen molar-refractivity contribution in [1.82, 2.24) is 9.80 Å². The molecule has 1 saturated heterocycles. The van der Waals surface area contributed by atoms with Crippen LogP contribution in [0.4, 0.5) is 0 Å². The van der Waals surface area contributed by atoms with Crippen LogP contribution in [0.25, 0.3) is 0 Å². The van der Waals surface area contributed by atoms with E-state index in [1.165, 1.54) is 25.9 Å². The van der Waals surface area contributed by atoms with Crippen molar-refractivity contribution in [2.75, 3.05) is 26.7 Å². The van der Waals surface area contributed by atoms with E-state index in [4.69, 9.17) is 5.73 Å². The van der Waals surface area contributed by atoms with E-state index in [0.29, 0.717) is 6.04 Å². The fourth-order valence-corrected chi connectivity index (χ4v) is 2.45. The highest BCUT2D eigenvalue weighted by Crippen LogP contribution is 2.17. The van der Waals surface area contributed by atoms with Gasteiger partial charge in [-0.25, -0.2) is 0 Å². The first-order valence-electron chi connectivity index (χ1n) is 6.20. The van der Waals surface area contributed by atoms with Gasteiger partial charge in [-0.2, -0.15) is 0 Å². The van der Waals surface area contributed by atoms with Crippen molar-refractivity contribution >= 4 is 24.8 Å². The van der Waals surface area contributed by atoms with E-state index in [1.54, 1.807) is 0 Å². The molecule has 1 heterocycles. The zero-order valence-corrected chi connectivity index (χ0v) is 13.2. The van der Waals surface area contributed by atoms with Crippen molar-refractivity contribution in [1.29, 1.82) is 0 Å². The lowest BCUT2D eigenvalue weighted by molar-refractivity contribution is 0.105. The molecule has 2 N–H and O–H groups in total. The summed E-state index contributed by atoms with van der Waals surface area (Å²) in [6.07, 6.45) is 2.59. The molecule has 0 bridgehead atoms. The number of nitrogens with two attached hydrogens (primary N) is 1. The molecule has 5 heteroatoms. The van der Waals surface area contributed by atoms with Gasteiger partial charge in [0.25, 0.3) is 0 Å². The van der Waals surface area contributed by atoms with Crippen LogP contribution in [-0.2, 0) is 0 Å². The number of likely N-dealkylation sites (tertiary alicyclic amines) is 1. The van der Waals surface area contributed by atoms with E-state index < -0.39 is 0 Å². The van der Waals surface area contributed by atoms with E-state index in [1.807, 2.05) is 0 Å². The van der Waals surface area contributed by atoms with Gasteiger partial charge in [-0.15, -0.1) is 24.8 Å². The van der Waals surface area contributed by atoms with Crippen LogP contribution in [0.1, 0.15) is 33.6 Å². The second-order valence-electron chi connectivity index (χ2n) is 5.28. The topological polar surface area (TPSA) is 32.5 Å². The van der Waals surface area contributed by atoms with Gasteiger partial charge in [0.05, 0.1) is 0 Å². The maximum absolute atomic E-state index is 5.82. The third-order valence-electron chi connectivity index (χ3n) is 3.43. The fraction of sp³-hybridized carbons (Fsp3) is 1.00. The predicted molar refractivity (Wildman–Crippen MR) is 80.5 cm³/mol. The Hall–Kier alpha value is 0.460. The van der Waals surface area contributed by atoms with Crippen molar-refractivity contribution in [2.45, 2.75) is 51.7 Å². The molecule has 1 fully saturated rings. The first kappa shape index (κ1) is 19.8. The summed E-state index contributed by atoms with van der Waals surface area (Å²) in [7, 11) is 2.21. The quantitative estimate of drug-likeness (QED) is 0.858. The van der Waals surface area contributed by atoms with E-state index in [0.717, 1.165) is 12.6 Å². The van der Waals surface area contributed by atoms with Crippen LogP contribution in [0.2, 0.25) is 0 Å². The molecule has 0 spiro atoms. The van der Waals surface area contributed by atoms with Gasteiger partial charge >= 0.3 is 0 Å². The van der Waals surface area contributed by atoms with Gasteiger partial charge in [0.15, 0.2) is 0 Å². The number of halogens is 2. The van der Waals surface area contributed by atoms with Crippen molar-refractivity contribution in [3.8, 4) is 0 Å². The first-order chi connectivity index (χ1) is 7.00. The van der Waals surface area contributed by atoms with Gasteiger partial charge in [0.1, 0.15) is 0 Å². The van der Waals surface area contributed by atoms with Crippen molar-refractivity contribution < 1.29 is 0 Å². The van der Waals surface area contributed by atoms with Gasteiger partial charge < -0.3 is 15.5 Å². The SMILES string of the molecule is CC(N)CN(C)C1CCN(C(C)C)CC1.Cl.Cl. The zero-order valence-electron chi connectivity index (χ0n) is 11.6.